The molecule has 0 saturated carbocycles. The van der Waals surface area contributed by atoms with Crippen LogP contribution in [0.15, 0.2) is 18.5 Å². The van der Waals surface area contributed by atoms with Gasteiger partial charge in [0.25, 0.3) is 0 Å². The van der Waals surface area contributed by atoms with Gasteiger partial charge in [-0.1, -0.05) is 0 Å². The number of carbonyl (C=O) groups is 1. The monoisotopic (exact) mass is 236 g/mol. The minimum Gasteiger partial charge on any atom is -0.466 e. The van der Waals surface area contributed by atoms with E-state index >= 15 is 0 Å². The molecule has 0 bridgehead atoms. The summed E-state index contributed by atoms with van der Waals surface area (Å²) in [6.07, 6.45) is 9.93. The Balaban J connectivity index is 2.00. The van der Waals surface area contributed by atoms with Gasteiger partial charge in [0, 0.05) is 24.4 Å². The largest absolute Gasteiger partial charge is 0.466 e. The molecule has 5 heteroatoms. The molecule has 1 saturated heterocycles. The smallest absolute Gasteiger partial charge is 0.330 e. The Hall–Kier alpha value is -1.62. The standard InChI is InChI=1S/C12H16N2O3/c1-16-12(15)6-5-10-8-13-14(9-10)11-4-2-3-7-17-11/h5-6,8-9,11H,2-4,7H2,1H3/t11-/m0/s1. The highest BCUT2D eigenvalue weighted by molar-refractivity contribution is 5.86. The first-order valence-corrected chi connectivity index (χ1v) is 5.71. The molecule has 2 rings (SSSR count). The predicted molar refractivity (Wildman–Crippen MR) is 62.1 cm³/mol. The average molecular weight is 236 g/mol. The molecule has 0 aliphatic carbocycles. The van der Waals surface area contributed by atoms with E-state index in [9.17, 15) is 4.79 Å². The van der Waals surface area contributed by atoms with Crippen LogP contribution in [0, 0.1) is 0 Å². The number of methoxy groups -OCH3 is 1. The molecule has 17 heavy (non-hydrogen) atoms. The first-order valence-electron chi connectivity index (χ1n) is 5.71. The van der Waals surface area contributed by atoms with E-state index in [0.29, 0.717) is 0 Å². The first-order chi connectivity index (χ1) is 8.29. The van der Waals surface area contributed by atoms with Crippen molar-refractivity contribution >= 4 is 12.0 Å². The quantitative estimate of drug-likeness (QED) is 0.593. The number of aromatic nitrogens is 2. The lowest BCUT2D eigenvalue weighted by Crippen LogP contribution is -2.18. The zero-order valence-corrected chi connectivity index (χ0v) is 9.83. The second-order valence-corrected chi connectivity index (χ2v) is 3.93. The Labute approximate surface area is 100 Å². The van der Waals surface area contributed by atoms with Gasteiger partial charge < -0.3 is 9.47 Å². The second kappa shape index (κ2) is 5.63. The Morgan fingerprint density at radius 1 is 1.65 bits per heavy atom. The second-order valence-electron chi connectivity index (χ2n) is 3.93. The van der Waals surface area contributed by atoms with Crippen LogP contribution in [0.2, 0.25) is 0 Å². The van der Waals surface area contributed by atoms with E-state index in [1.807, 2.05) is 6.20 Å². The van der Waals surface area contributed by atoms with Gasteiger partial charge in [-0.05, 0) is 25.3 Å². The van der Waals surface area contributed by atoms with Crippen molar-refractivity contribution in [3.63, 3.8) is 0 Å². The minimum atomic E-state index is -0.369. The lowest BCUT2D eigenvalue weighted by molar-refractivity contribution is -0.134. The van der Waals surface area contributed by atoms with E-state index in [1.54, 1.807) is 17.0 Å². The fraction of sp³-hybridized carbons (Fsp3) is 0.500. The fourth-order valence-electron chi connectivity index (χ4n) is 1.76. The summed E-state index contributed by atoms with van der Waals surface area (Å²) in [4.78, 5) is 10.9. The molecular weight excluding hydrogens is 220 g/mol. The maximum absolute atomic E-state index is 10.9. The van der Waals surface area contributed by atoms with E-state index in [-0.39, 0.29) is 12.2 Å². The third-order valence-electron chi connectivity index (χ3n) is 2.69. The van der Waals surface area contributed by atoms with Crippen LogP contribution in [-0.4, -0.2) is 29.5 Å². The molecule has 1 aromatic heterocycles. The average Bonchev–Trinajstić information content (AvgIpc) is 2.86. The third-order valence-corrected chi connectivity index (χ3v) is 2.69. The summed E-state index contributed by atoms with van der Waals surface area (Å²) >= 11 is 0. The van der Waals surface area contributed by atoms with Crippen LogP contribution in [0.3, 0.4) is 0 Å². The molecule has 1 fully saturated rings. The van der Waals surface area contributed by atoms with Gasteiger partial charge in [-0.15, -0.1) is 0 Å². The maximum Gasteiger partial charge on any atom is 0.330 e. The molecule has 2 heterocycles. The zero-order chi connectivity index (χ0) is 12.1. The van der Waals surface area contributed by atoms with Crippen molar-refractivity contribution in [2.24, 2.45) is 0 Å². The van der Waals surface area contributed by atoms with Crippen LogP contribution < -0.4 is 0 Å². The minimum absolute atomic E-state index is 0.0315. The Morgan fingerprint density at radius 3 is 3.24 bits per heavy atom. The van der Waals surface area contributed by atoms with Gasteiger partial charge in [-0.3, -0.25) is 0 Å². The van der Waals surface area contributed by atoms with Crippen molar-refractivity contribution in [2.75, 3.05) is 13.7 Å². The van der Waals surface area contributed by atoms with Crippen molar-refractivity contribution < 1.29 is 14.3 Å². The van der Waals surface area contributed by atoms with E-state index in [2.05, 4.69) is 9.84 Å². The van der Waals surface area contributed by atoms with Gasteiger partial charge in [0.1, 0.15) is 6.23 Å². The van der Waals surface area contributed by atoms with Gasteiger partial charge in [-0.2, -0.15) is 5.10 Å². The SMILES string of the molecule is COC(=O)C=Cc1cnn([C@@H]2CCCCO2)c1. The van der Waals surface area contributed by atoms with Crippen molar-refractivity contribution in [2.45, 2.75) is 25.5 Å². The molecule has 0 N–H and O–H groups in total. The molecule has 1 aliphatic heterocycles. The number of hydrogen-bond acceptors (Lipinski definition) is 4. The van der Waals surface area contributed by atoms with Crippen LogP contribution in [0.25, 0.3) is 6.08 Å². The lowest BCUT2D eigenvalue weighted by atomic mass is 10.2. The highest BCUT2D eigenvalue weighted by atomic mass is 16.5. The number of ether oxygens (including phenoxy) is 2. The van der Waals surface area contributed by atoms with Gasteiger partial charge in [0.15, 0.2) is 0 Å². The van der Waals surface area contributed by atoms with E-state index in [0.717, 1.165) is 31.4 Å². The molecular formula is C12H16N2O3. The lowest BCUT2D eigenvalue weighted by Gasteiger charge is -2.22. The maximum atomic E-state index is 10.9. The fourth-order valence-corrected chi connectivity index (χ4v) is 1.76. The number of rotatable bonds is 3. The number of carbonyl (C=O) groups excluding carboxylic acids is 1. The summed E-state index contributed by atoms with van der Waals surface area (Å²) in [5.74, 6) is -0.369. The molecule has 0 aromatic carbocycles. The van der Waals surface area contributed by atoms with Gasteiger partial charge in [0.2, 0.25) is 0 Å². The van der Waals surface area contributed by atoms with Gasteiger partial charge in [-0.25, -0.2) is 9.48 Å². The molecule has 0 amide bonds. The zero-order valence-electron chi connectivity index (χ0n) is 9.83. The number of nitrogens with zero attached hydrogens (tertiary/aromatic N) is 2. The highest BCUT2D eigenvalue weighted by Crippen LogP contribution is 2.21. The molecule has 1 aliphatic rings. The summed E-state index contributed by atoms with van der Waals surface area (Å²) in [5, 5.41) is 4.23. The normalized spacial score (nSPS) is 20.6. The van der Waals surface area contributed by atoms with Crippen LogP contribution in [0.4, 0.5) is 0 Å². The third kappa shape index (κ3) is 3.17. The van der Waals surface area contributed by atoms with Crippen LogP contribution in [-0.2, 0) is 14.3 Å². The number of hydrogen-bond donors (Lipinski definition) is 0. The van der Waals surface area contributed by atoms with Crippen molar-refractivity contribution in [1.29, 1.82) is 0 Å². The summed E-state index contributed by atoms with van der Waals surface area (Å²) in [5.41, 5.74) is 0.865. The Morgan fingerprint density at radius 2 is 2.53 bits per heavy atom. The predicted octanol–water partition coefficient (Wildman–Crippen LogP) is 1.77. The summed E-state index contributed by atoms with van der Waals surface area (Å²) in [6.45, 7) is 0.790. The molecule has 0 radical (unpaired) electrons. The van der Waals surface area contributed by atoms with Crippen molar-refractivity contribution in [1.82, 2.24) is 9.78 Å². The van der Waals surface area contributed by atoms with Crippen molar-refractivity contribution in [3.8, 4) is 0 Å². The first kappa shape index (κ1) is 11.9. The molecule has 0 unspecified atom stereocenters. The van der Waals surface area contributed by atoms with Gasteiger partial charge >= 0.3 is 5.97 Å². The van der Waals surface area contributed by atoms with E-state index in [1.165, 1.54) is 13.2 Å². The number of esters is 1. The highest BCUT2D eigenvalue weighted by Gasteiger charge is 2.15. The molecule has 1 atom stereocenters. The van der Waals surface area contributed by atoms with Crippen LogP contribution >= 0.6 is 0 Å². The van der Waals surface area contributed by atoms with Crippen LogP contribution in [0.5, 0.6) is 0 Å². The molecule has 0 spiro atoms. The molecule has 5 nitrogen and oxygen atoms in total. The Kier molecular flexibility index (Phi) is 3.93. The van der Waals surface area contributed by atoms with E-state index in [4.69, 9.17) is 4.74 Å². The summed E-state index contributed by atoms with van der Waals surface area (Å²) < 4.78 is 11.9. The molecule has 92 valence electrons. The van der Waals surface area contributed by atoms with E-state index < -0.39 is 0 Å². The van der Waals surface area contributed by atoms with Crippen molar-refractivity contribution in [3.05, 3.63) is 24.0 Å². The topological polar surface area (TPSA) is 53.3 Å². The Bertz CT molecular complexity index is 406. The molecule has 1 aromatic rings. The summed E-state index contributed by atoms with van der Waals surface area (Å²) in [7, 11) is 1.35. The van der Waals surface area contributed by atoms with Crippen LogP contribution in [0.1, 0.15) is 31.1 Å². The van der Waals surface area contributed by atoms with Gasteiger partial charge in [0.05, 0.1) is 13.3 Å². The summed E-state index contributed by atoms with van der Waals surface area (Å²) in [6, 6.07) is 0.